The summed E-state index contributed by atoms with van der Waals surface area (Å²) in [4.78, 5) is 54.3. The number of H-pyrrole nitrogens is 1. The molecule has 3 aromatic carbocycles. The van der Waals surface area contributed by atoms with Gasteiger partial charge in [0, 0.05) is 36.4 Å². The highest BCUT2D eigenvalue weighted by Crippen LogP contribution is 2.20. The van der Waals surface area contributed by atoms with E-state index in [1.807, 2.05) is 61.5 Å². The number of para-hydroxylation sites is 1. The van der Waals surface area contributed by atoms with Crippen molar-refractivity contribution in [2.75, 3.05) is 13.2 Å². The SMILES string of the molecule is CCCOC(=O)c1ccc(CCOC(=O)N[C@@H](Cc2c[nH]c3ccccc23)C(=O)NC(C)(Cc2ccccc2)C(N)=O)cc1. The molecular weight excluding hydrogens is 560 g/mol. The van der Waals surface area contributed by atoms with Gasteiger partial charge in [0.15, 0.2) is 0 Å². The fraction of sp³-hybridized carbons (Fsp3) is 0.294. The van der Waals surface area contributed by atoms with Crippen molar-refractivity contribution in [1.82, 2.24) is 15.6 Å². The van der Waals surface area contributed by atoms with Crippen LogP contribution < -0.4 is 16.4 Å². The zero-order chi connectivity index (χ0) is 31.5. The zero-order valence-electron chi connectivity index (χ0n) is 24.9. The third kappa shape index (κ3) is 8.47. The van der Waals surface area contributed by atoms with Crippen molar-refractivity contribution in [3.8, 4) is 0 Å². The summed E-state index contributed by atoms with van der Waals surface area (Å²) < 4.78 is 10.6. The van der Waals surface area contributed by atoms with E-state index in [0.29, 0.717) is 18.6 Å². The first-order valence-corrected chi connectivity index (χ1v) is 14.6. The molecular formula is C34H38N4O6. The average Bonchev–Trinajstić information content (AvgIpc) is 3.43. The Hall–Kier alpha value is -5.12. The minimum absolute atomic E-state index is 0.0416. The van der Waals surface area contributed by atoms with Crippen LogP contribution in [0.25, 0.3) is 10.9 Å². The minimum atomic E-state index is -1.41. The molecule has 0 aliphatic heterocycles. The van der Waals surface area contributed by atoms with E-state index >= 15 is 0 Å². The Morgan fingerprint density at radius 2 is 1.59 bits per heavy atom. The number of benzene rings is 3. The summed E-state index contributed by atoms with van der Waals surface area (Å²) in [6, 6.07) is 22.7. The highest BCUT2D eigenvalue weighted by atomic mass is 16.5. The van der Waals surface area contributed by atoms with Gasteiger partial charge in [-0.2, -0.15) is 0 Å². The number of alkyl carbamates (subject to hydrolysis) is 1. The monoisotopic (exact) mass is 598 g/mol. The maximum atomic E-state index is 13.7. The number of nitrogens with one attached hydrogen (secondary N) is 3. The number of primary amides is 1. The lowest BCUT2D eigenvalue weighted by Crippen LogP contribution is -2.61. The van der Waals surface area contributed by atoms with Crippen LogP contribution in [-0.2, 0) is 38.3 Å². The summed E-state index contributed by atoms with van der Waals surface area (Å²) in [6.07, 6.45) is 2.46. The molecule has 1 aromatic heterocycles. The summed E-state index contributed by atoms with van der Waals surface area (Å²) in [5, 5.41) is 6.37. The highest BCUT2D eigenvalue weighted by molar-refractivity contribution is 5.94. The molecule has 5 N–H and O–H groups in total. The second kappa shape index (κ2) is 14.9. The second-order valence-corrected chi connectivity index (χ2v) is 10.8. The van der Waals surface area contributed by atoms with Crippen molar-refractivity contribution in [2.45, 2.75) is 51.1 Å². The molecule has 10 heteroatoms. The van der Waals surface area contributed by atoms with Crippen molar-refractivity contribution in [2.24, 2.45) is 5.73 Å². The van der Waals surface area contributed by atoms with Crippen LogP contribution >= 0.6 is 0 Å². The minimum Gasteiger partial charge on any atom is -0.462 e. The van der Waals surface area contributed by atoms with Gasteiger partial charge in [0.2, 0.25) is 11.8 Å². The standard InChI is InChI=1S/C34H38N4O6/c1-3-18-43-31(40)25-15-13-23(14-16-25)17-19-44-33(42)37-29(20-26-22-36-28-12-8-7-11-27(26)28)30(39)38-34(2,32(35)41)21-24-9-5-4-6-10-24/h4-16,22,29,36H,3,17-21H2,1-2H3,(H2,35,41)(H,37,42)(H,38,39)/t29-,34?/m0/s1. The highest BCUT2D eigenvalue weighted by Gasteiger charge is 2.36. The molecule has 230 valence electrons. The summed E-state index contributed by atoms with van der Waals surface area (Å²) in [5.74, 6) is -1.66. The van der Waals surface area contributed by atoms with Gasteiger partial charge in [0.05, 0.1) is 18.8 Å². The Balaban J connectivity index is 1.43. The number of nitrogens with two attached hydrogens (primary N) is 1. The Morgan fingerprint density at radius 1 is 0.886 bits per heavy atom. The molecule has 1 heterocycles. The van der Waals surface area contributed by atoms with Gasteiger partial charge in [-0.05, 0) is 48.2 Å². The number of carbonyl (C=O) groups is 4. The first kappa shape index (κ1) is 31.8. The first-order chi connectivity index (χ1) is 21.2. The molecule has 0 radical (unpaired) electrons. The fourth-order valence-corrected chi connectivity index (χ4v) is 4.82. The van der Waals surface area contributed by atoms with E-state index in [-0.39, 0.29) is 25.4 Å². The van der Waals surface area contributed by atoms with E-state index in [1.165, 1.54) is 0 Å². The summed E-state index contributed by atoms with van der Waals surface area (Å²) in [5.41, 5.74) is 8.17. The van der Waals surface area contributed by atoms with E-state index in [0.717, 1.165) is 34.0 Å². The second-order valence-electron chi connectivity index (χ2n) is 10.8. The van der Waals surface area contributed by atoms with Crippen LogP contribution in [-0.4, -0.2) is 53.7 Å². The van der Waals surface area contributed by atoms with Gasteiger partial charge in [-0.3, -0.25) is 9.59 Å². The molecule has 0 saturated carbocycles. The van der Waals surface area contributed by atoms with Gasteiger partial charge in [-0.1, -0.05) is 67.6 Å². The van der Waals surface area contributed by atoms with Crippen LogP contribution in [0.4, 0.5) is 4.79 Å². The molecule has 1 unspecified atom stereocenters. The normalized spacial score (nSPS) is 13.0. The van der Waals surface area contributed by atoms with Crippen molar-refractivity contribution >= 4 is 34.8 Å². The lowest BCUT2D eigenvalue weighted by atomic mass is 9.91. The van der Waals surface area contributed by atoms with Crippen molar-refractivity contribution in [3.63, 3.8) is 0 Å². The predicted molar refractivity (Wildman–Crippen MR) is 167 cm³/mol. The molecule has 0 saturated heterocycles. The first-order valence-electron chi connectivity index (χ1n) is 14.6. The zero-order valence-corrected chi connectivity index (χ0v) is 24.9. The largest absolute Gasteiger partial charge is 0.462 e. The van der Waals surface area contributed by atoms with E-state index in [1.54, 1.807) is 37.4 Å². The molecule has 0 fully saturated rings. The fourth-order valence-electron chi connectivity index (χ4n) is 4.82. The van der Waals surface area contributed by atoms with Crippen LogP contribution in [0.1, 0.15) is 47.3 Å². The summed E-state index contributed by atoms with van der Waals surface area (Å²) in [7, 11) is 0. The Morgan fingerprint density at radius 3 is 2.30 bits per heavy atom. The van der Waals surface area contributed by atoms with E-state index in [2.05, 4.69) is 15.6 Å². The molecule has 0 aliphatic rings. The number of aromatic nitrogens is 1. The van der Waals surface area contributed by atoms with Gasteiger partial charge in [0.1, 0.15) is 11.6 Å². The third-order valence-corrected chi connectivity index (χ3v) is 7.30. The molecule has 0 spiro atoms. The van der Waals surface area contributed by atoms with Crippen LogP contribution in [0.5, 0.6) is 0 Å². The van der Waals surface area contributed by atoms with E-state index < -0.39 is 29.5 Å². The number of hydrogen-bond acceptors (Lipinski definition) is 6. The molecule has 44 heavy (non-hydrogen) atoms. The molecule has 0 bridgehead atoms. The quantitative estimate of drug-likeness (QED) is 0.160. The number of rotatable bonds is 14. The number of aromatic amines is 1. The molecule has 3 amide bonds. The number of fused-ring (bicyclic) bond motifs is 1. The Kier molecular flexibility index (Phi) is 10.7. The van der Waals surface area contributed by atoms with Crippen LogP contribution in [0.2, 0.25) is 0 Å². The number of carbonyl (C=O) groups excluding carboxylic acids is 4. The van der Waals surface area contributed by atoms with Gasteiger partial charge in [-0.15, -0.1) is 0 Å². The van der Waals surface area contributed by atoms with E-state index in [4.69, 9.17) is 15.2 Å². The van der Waals surface area contributed by atoms with Crippen LogP contribution in [0.3, 0.4) is 0 Å². The smallest absolute Gasteiger partial charge is 0.407 e. The van der Waals surface area contributed by atoms with Gasteiger partial charge in [-0.25, -0.2) is 9.59 Å². The third-order valence-electron chi connectivity index (χ3n) is 7.30. The maximum Gasteiger partial charge on any atom is 0.407 e. The summed E-state index contributed by atoms with van der Waals surface area (Å²) in [6.45, 7) is 3.89. The molecule has 0 aliphatic carbocycles. The Bertz CT molecular complexity index is 1580. The number of ether oxygens (including phenoxy) is 2. The number of amides is 3. The molecule has 10 nitrogen and oxygen atoms in total. The predicted octanol–water partition coefficient (Wildman–Crippen LogP) is 4.22. The maximum absolute atomic E-state index is 13.7. The van der Waals surface area contributed by atoms with Crippen molar-refractivity contribution in [3.05, 3.63) is 107 Å². The van der Waals surface area contributed by atoms with Crippen molar-refractivity contribution < 1.29 is 28.7 Å². The van der Waals surface area contributed by atoms with Crippen LogP contribution in [0.15, 0.2) is 85.1 Å². The van der Waals surface area contributed by atoms with Crippen LogP contribution in [0, 0.1) is 0 Å². The van der Waals surface area contributed by atoms with Gasteiger partial charge in [0.25, 0.3) is 0 Å². The molecule has 4 aromatic rings. The summed E-state index contributed by atoms with van der Waals surface area (Å²) >= 11 is 0. The number of hydrogen-bond donors (Lipinski definition) is 4. The molecule has 4 rings (SSSR count). The Labute approximate surface area is 256 Å². The van der Waals surface area contributed by atoms with Gasteiger partial charge >= 0.3 is 12.1 Å². The topological polar surface area (TPSA) is 153 Å². The lowest BCUT2D eigenvalue weighted by molar-refractivity contribution is -0.132. The van der Waals surface area contributed by atoms with Crippen molar-refractivity contribution in [1.29, 1.82) is 0 Å². The van der Waals surface area contributed by atoms with Gasteiger partial charge < -0.3 is 30.8 Å². The molecule has 2 atom stereocenters. The average molecular weight is 599 g/mol. The van der Waals surface area contributed by atoms with E-state index in [9.17, 15) is 19.2 Å². The lowest BCUT2D eigenvalue weighted by Gasteiger charge is -2.30. The number of esters is 1.